The van der Waals surface area contributed by atoms with E-state index in [1.54, 1.807) is 12.1 Å². The van der Waals surface area contributed by atoms with Gasteiger partial charge in [0.25, 0.3) is 0 Å². The van der Waals surface area contributed by atoms with E-state index in [-0.39, 0.29) is 11.6 Å². The van der Waals surface area contributed by atoms with Crippen molar-refractivity contribution >= 4 is 23.7 Å². The zero-order valence-electron chi connectivity index (χ0n) is 13.8. The SMILES string of the molecule is N#Cc1cc(-c2nc(N)nc(NCc3ccc(N)cc3)c2C=N)ccn1. The Labute approximate surface area is 150 Å². The van der Waals surface area contributed by atoms with E-state index in [2.05, 4.69) is 20.3 Å². The normalized spacial score (nSPS) is 10.1. The van der Waals surface area contributed by atoms with E-state index in [0.29, 0.717) is 34.9 Å². The molecule has 0 unspecified atom stereocenters. The largest absolute Gasteiger partial charge is 0.399 e. The number of nitrogens with zero attached hydrogens (tertiary/aromatic N) is 4. The predicted octanol–water partition coefficient (Wildman–Crippen LogP) is 2.18. The average molecular weight is 344 g/mol. The van der Waals surface area contributed by atoms with E-state index in [4.69, 9.17) is 22.1 Å². The van der Waals surface area contributed by atoms with Gasteiger partial charge >= 0.3 is 0 Å². The van der Waals surface area contributed by atoms with Gasteiger partial charge in [0, 0.05) is 30.2 Å². The van der Waals surface area contributed by atoms with Crippen molar-refractivity contribution in [2.45, 2.75) is 6.54 Å². The smallest absolute Gasteiger partial charge is 0.222 e. The second-order valence-corrected chi connectivity index (χ2v) is 5.47. The third-order valence-corrected chi connectivity index (χ3v) is 3.69. The van der Waals surface area contributed by atoms with Crippen molar-refractivity contribution in [3.05, 3.63) is 59.4 Å². The average Bonchev–Trinajstić information content (AvgIpc) is 2.67. The van der Waals surface area contributed by atoms with E-state index in [0.717, 1.165) is 11.8 Å². The van der Waals surface area contributed by atoms with Crippen molar-refractivity contribution in [3.8, 4) is 17.3 Å². The minimum Gasteiger partial charge on any atom is -0.399 e. The minimum atomic E-state index is 0.0701. The number of nitriles is 1. The van der Waals surface area contributed by atoms with Crippen LogP contribution in [0.5, 0.6) is 0 Å². The molecule has 6 N–H and O–H groups in total. The van der Waals surface area contributed by atoms with Crippen molar-refractivity contribution in [2.24, 2.45) is 0 Å². The van der Waals surface area contributed by atoms with Crippen molar-refractivity contribution in [1.29, 1.82) is 10.7 Å². The van der Waals surface area contributed by atoms with Gasteiger partial charge in [0.05, 0.1) is 11.3 Å². The highest BCUT2D eigenvalue weighted by Crippen LogP contribution is 2.26. The summed E-state index contributed by atoms with van der Waals surface area (Å²) in [7, 11) is 0. The highest BCUT2D eigenvalue weighted by Gasteiger charge is 2.14. The van der Waals surface area contributed by atoms with Gasteiger partial charge in [-0.3, -0.25) is 0 Å². The summed E-state index contributed by atoms with van der Waals surface area (Å²) in [6.07, 6.45) is 2.67. The first-order valence-electron chi connectivity index (χ1n) is 7.73. The van der Waals surface area contributed by atoms with Gasteiger partial charge in [0.15, 0.2) is 0 Å². The van der Waals surface area contributed by atoms with Gasteiger partial charge in [-0.1, -0.05) is 12.1 Å². The van der Waals surface area contributed by atoms with Gasteiger partial charge in [0.1, 0.15) is 17.6 Å². The highest BCUT2D eigenvalue weighted by molar-refractivity contribution is 5.93. The third-order valence-electron chi connectivity index (χ3n) is 3.69. The first-order chi connectivity index (χ1) is 12.6. The molecule has 0 bridgehead atoms. The molecule has 1 aromatic carbocycles. The number of pyridine rings is 1. The molecule has 0 saturated carbocycles. The molecule has 8 nitrogen and oxygen atoms in total. The Kier molecular flexibility index (Phi) is 4.71. The standard InChI is InChI=1S/C18H16N8/c19-8-14-7-12(5-6-23-14)16-15(9-20)17(26-18(22)25-16)24-10-11-1-3-13(21)4-2-11/h1-7,9,20H,10,21H2,(H3,22,24,25,26). The van der Waals surface area contributed by atoms with Crippen LogP contribution in [0.2, 0.25) is 0 Å². The zero-order valence-corrected chi connectivity index (χ0v) is 13.8. The van der Waals surface area contributed by atoms with Crippen LogP contribution in [0.3, 0.4) is 0 Å². The van der Waals surface area contributed by atoms with Crippen LogP contribution in [0.1, 0.15) is 16.8 Å². The van der Waals surface area contributed by atoms with Crippen molar-refractivity contribution in [3.63, 3.8) is 0 Å². The monoisotopic (exact) mass is 344 g/mol. The number of hydrogen-bond donors (Lipinski definition) is 4. The number of anilines is 3. The lowest BCUT2D eigenvalue weighted by atomic mass is 10.1. The molecule has 8 heteroatoms. The summed E-state index contributed by atoms with van der Waals surface area (Å²) in [6.45, 7) is 0.483. The Hall–Kier alpha value is -3.99. The Balaban J connectivity index is 1.98. The summed E-state index contributed by atoms with van der Waals surface area (Å²) >= 11 is 0. The molecule has 0 saturated heterocycles. The molecule has 2 aromatic heterocycles. The quantitative estimate of drug-likeness (QED) is 0.409. The molecular formula is C18H16N8. The fraction of sp³-hybridized carbons (Fsp3) is 0.0556. The number of nitrogen functional groups attached to an aromatic ring is 2. The van der Waals surface area contributed by atoms with Gasteiger partial charge in [-0.2, -0.15) is 10.2 Å². The van der Waals surface area contributed by atoms with E-state index in [1.807, 2.05) is 30.3 Å². The molecule has 3 aromatic rings. The number of nitrogens with one attached hydrogen (secondary N) is 2. The molecule has 0 radical (unpaired) electrons. The topological polar surface area (TPSA) is 150 Å². The molecule has 0 aliphatic heterocycles. The Morgan fingerprint density at radius 1 is 1.15 bits per heavy atom. The molecular weight excluding hydrogens is 328 g/mol. The van der Waals surface area contributed by atoms with E-state index < -0.39 is 0 Å². The maximum absolute atomic E-state index is 9.04. The summed E-state index contributed by atoms with van der Waals surface area (Å²) in [6, 6.07) is 12.7. The molecule has 3 rings (SSSR count). The Bertz CT molecular complexity index is 989. The van der Waals surface area contributed by atoms with Gasteiger partial charge < -0.3 is 22.2 Å². The summed E-state index contributed by atoms with van der Waals surface area (Å²) in [5.74, 6) is 0.510. The van der Waals surface area contributed by atoms with Crippen molar-refractivity contribution in [1.82, 2.24) is 15.0 Å². The number of nitrogens with two attached hydrogens (primary N) is 2. The Morgan fingerprint density at radius 3 is 2.62 bits per heavy atom. The first-order valence-corrected chi connectivity index (χ1v) is 7.73. The van der Waals surface area contributed by atoms with Crippen LogP contribution < -0.4 is 16.8 Å². The molecule has 0 amide bonds. The summed E-state index contributed by atoms with van der Waals surface area (Å²) in [5, 5.41) is 20.0. The van der Waals surface area contributed by atoms with E-state index >= 15 is 0 Å². The number of aromatic nitrogens is 3. The molecule has 0 fully saturated rings. The number of rotatable bonds is 5. The summed E-state index contributed by atoms with van der Waals surface area (Å²) in [5.41, 5.74) is 15.1. The van der Waals surface area contributed by atoms with Gasteiger partial charge in [-0.15, -0.1) is 0 Å². The van der Waals surface area contributed by atoms with Crippen LogP contribution in [0.15, 0.2) is 42.6 Å². The van der Waals surface area contributed by atoms with Crippen LogP contribution in [0, 0.1) is 16.7 Å². The highest BCUT2D eigenvalue weighted by atomic mass is 15.1. The van der Waals surface area contributed by atoms with Crippen LogP contribution >= 0.6 is 0 Å². The van der Waals surface area contributed by atoms with Crippen LogP contribution in [0.25, 0.3) is 11.3 Å². The maximum Gasteiger partial charge on any atom is 0.222 e. The molecule has 0 aliphatic rings. The number of hydrogen-bond acceptors (Lipinski definition) is 8. The van der Waals surface area contributed by atoms with E-state index in [1.165, 1.54) is 6.20 Å². The van der Waals surface area contributed by atoms with Crippen LogP contribution in [-0.4, -0.2) is 21.2 Å². The lowest BCUT2D eigenvalue weighted by molar-refractivity contribution is 1.09. The lowest BCUT2D eigenvalue weighted by Crippen LogP contribution is -2.10. The lowest BCUT2D eigenvalue weighted by Gasteiger charge is -2.13. The summed E-state index contributed by atoms with van der Waals surface area (Å²) < 4.78 is 0. The number of benzene rings is 1. The Morgan fingerprint density at radius 2 is 1.92 bits per heavy atom. The predicted molar refractivity (Wildman–Crippen MR) is 100 cm³/mol. The third kappa shape index (κ3) is 3.57. The second kappa shape index (κ2) is 7.27. The van der Waals surface area contributed by atoms with Crippen molar-refractivity contribution in [2.75, 3.05) is 16.8 Å². The van der Waals surface area contributed by atoms with Crippen LogP contribution in [-0.2, 0) is 6.54 Å². The van der Waals surface area contributed by atoms with Gasteiger partial charge in [-0.25, -0.2) is 9.97 Å². The van der Waals surface area contributed by atoms with Gasteiger partial charge in [-0.05, 0) is 29.8 Å². The second-order valence-electron chi connectivity index (χ2n) is 5.47. The molecule has 26 heavy (non-hydrogen) atoms. The zero-order chi connectivity index (χ0) is 18.5. The van der Waals surface area contributed by atoms with Crippen LogP contribution in [0.4, 0.5) is 17.5 Å². The molecule has 128 valence electrons. The molecule has 2 heterocycles. The van der Waals surface area contributed by atoms with Crippen molar-refractivity contribution < 1.29 is 0 Å². The molecule has 0 spiro atoms. The fourth-order valence-electron chi connectivity index (χ4n) is 2.44. The van der Waals surface area contributed by atoms with Gasteiger partial charge in [0.2, 0.25) is 5.95 Å². The maximum atomic E-state index is 9.04. The first kappa shape index (κ1) is 16.9. The molecule has 0 atom stereocenters. The minimum absolute atomic E-state index is 0.0701. The fourth-order valence-corrected chi connectivity index (χ4v) is 2.44. The van der Waals surface area contributed by atoms with E-state index in [9.17, 15) is 0 Å². The molecule has 0 aliphatic carbocycles. The summed E-state index contributed by atoms with van der Waals surface area (Å²) in [4.78, 5) is 12.4.